The molecule has 8 nitrogen and oxygen atoms in total. The number of carbonyl (C=O) groups excluding carboxylic acids is 2. The summed E-state index contributed by atoms with van der Waals surface area (Å²) in [6, 6.07) is 19.4. The number of nitrogens with zero attached hydrogens (tertiary/aromatic N) is 2. The third-order valence-corrected chi connectivity index (χ3v) is 6.63. The van der Waals surface area contributed by atoms with Gasteiger partial charge in [-0.3, -0.25) is 19.6 Å². The Morgan fingerprint density at radius 1 is 0.667 bits per heavy atom. The van der Waals surface area contributed by atoms with E-state index in [0.29, 0.717) is 11.4 Å². The van der Waals surface area contributed by atoms with E-state index in [1.807, 2.05) is 60.7 Å². The first-order chi connectivity index (χ1) is 17.7. The molecule has 0 bridgehead atoms. The monoisotopic (exact) mass is 482 g/mol. The van der Waals surface area contributed by atoms with Gasteiger partial charge in [0.2, 0.25) is 11.8 Å². The number of amides is 2. The lowest BCUT2D eigenvalue weighted by Gasteiger charge is -2.33. The lowest BCUT2D eigenvalue weighted by molar-refractivity contribution is -0.116. The van der Waals surface area contributed by atoms with Crippen molar-refractivity contribution in [1.82, 2.24) is 20.6 Å². The van der Waals surface area contributed by atoms with E-state index in [1.165, 1.54) is 0 Å². The van der Waals surface area contributed by atoms with E-state index in [0.717, 1.165) is 47.5 Å². The highest BCUT2D eigenvalue weighted by Crippen LogP contribution is 2.22. The van der Waals surface area contributed by atoms with Crippen molar-refractivity contribution < 1.29 is 9.59 Å². The molecule has 36 heavy (non-hydrogen) atoms. The van der Waals surface area contributed by atoms with Crippen LogP contribution in [0.15, 0.2) is 73.1 Å². The highest BCUT2D eigenvalue weighted by Gasteiger charge is 2.25. The third-order valence-electron chi connectivity index (χ3n) is 6.63. The lowest BCUT2D eigenvalue weighted by Crippen LogP contribution is -2.52. The first-order valence-electron chi connectivity index (χ1n) is 12.4. The molecule has 1 saturated carbocycles. The van der Waals surface area contributed by atoms with Crippen molar-refractivity contribution >= 4 is 45.0 Å². The highest BCUT2D eigenvalue weighted by atomic mass is 16.2. The number of aromatic nitrogens is 2. The van der Waals surface area contributed by atoms with Crippen molar-refractivity contribution in [2.24, 2.45) is 0 Å². The van der Waals surface area contributed by atoms with E-state index in [1.54, 1.807) is 12.4 Å². The fraction of sp³-hybridized carbons (Fsp3) is 0.286. The minimum absolute atomic E-state index is 0.112. The van der Waals surface area contributed by atoms with Crippen molar-refractivity contribution in [3.8, 4) is 0 Å². The minimum Gasteiger partial charge on any atom is -0.323 e. The summed E-state index contributed by atoms with van der Waals surface area (Å²) >= 11 is 0. The molecule has 1 fully saturated rings. The summed E-state index contributed by atoms with van der Waals surface area (Å²) in [4.78, 5) is 34.2. The second-order valence-electron chi connectivity index (χ2n) is 9.12. The third kappa shape index (κ3) is 5.67. The van der Waals surface area contributed by atoms with Crippen LogP contribution in [0.3, 0.4) is 0 Å². The number of para-hydroxylation sites is 2. The van der Waals surface area contributed by atoms with Crippen LogP contribution >= 0.6 is 0 Å². The predicted molar refractivity (Wildman–Crippen MR) is 143 cm³/mol. The number of hydrogen-bond donors (Lipinski definition) is 4. The summed E-state index contributed by atoms with van der Waals surface area (Å²) in [7, 11) is 0. The summed E-state index contributed by atoms with van der Waals surface area (Å²) in [5, 5.41) is 14.7. The first-order valence-corrected chi connectivity index (χ1v) is 12.4. The molecule has 4 aromatic rings. The van der Waals surface area contributed by atoms with Gasteiger partial charge in [-0.25, -0.2) is 0 Å². The second-order valence-corrected chi connectivity index (χ2v) is 9.12. The van der Waals surface area contributed by atoms with Crippen LogP contribution in [0.25, 0.3) is 21.8 Å². The van der Waals surface area contributed by atoms with Crippen LogP contribution in [0, 0.1) is 0 Å². The van der Waals surface area contributed by atoms with Crippen LogP contribution in [0.2, 0.25) is 0 Å². The van der Waals surface area contributed by atoms with Crippen LogP contribution in [0.5, 0.6) is 0 Å². The standard InChI is InChI=1S/C28H30N6O2/c35-25(33-23-13-3-7-19-9-5-15-29-27(19)23)17-31-21-11-1-2-12-22(21)32-18-26(36)34-24-14-4-8-20-10-6-16-30-28(20)24/h3-10,13-16,21-22,31-32H,1-2,11-12,17-18H2,(H,33,35)(H,34,36)/t21-,22-/m1/s1. The molecule has 184 valence electrons. The van der Waals surface area contributed by atoms with E-state index in [2.05, 4.69) is 31.2 Å². The Hall–Kier alpha value is -3.88. The van der Waals surface area contributed by atoms with Crippen molar-refractivity contribution in [2.45, 2.75) is 37.8 Å². The van der Waals surface area contributed by atoms with Crippen LogP contribution in [0.1, 0.15) is 25.7 Å². The molecule has 2 atom stereocenters. The number of anilines is 2. The largest absolute Gasteiger partial charge is 0.323 e. The van der Waals surface area contributed by atoms with Crippen molar-refractivity contribution in [3.63, 3.8) is 0 Å². The zero-order chi connectivity index (χ0) is 24.7. The quantitative estimate of drug-likeness (QED) is 0.304. The number of pyridine rings is 2. The summed E-state index contributed by atoms with van der Waals surface area (Å²) in [6.07, 6.45) is 7.55. The van der Waals surface area contributed by atoms with Gasteiger partial charge >= 0.3 is 0 Å². The number of rotatable bonds is 8. The van der Waals surface area contributed by atoms with E-state index < -0.39 is 0 Å². The molecule has 1 aliphatic rings. The van der Waals surface area contributed by atoms with Gasteiger partial charge in [0.1, 0.15) is 0 Å². The number of hydrogen-bond acceptors (Lipinski definition) is 6. The van der Waals surface area contributed by atoms with Gasteiger partial charge in [0, 0.05) is 35.2 Å². The van der Waals surface area contributed by atoms with Gasteiger partial charge in [-0.1, -0.05) is 49.2 Å². The van der Waals surface area contributed by atoms with E-state index in [9.17, 15) is 9.59 Å². The molecule has 0 saturated heterocycles. The molecule has 2 amide bonds. The summed E-state index contributed by atoms with van der Waals surface area (Å²) in [5.74, 6) is -0.225. The maximum Gasteiger partial charge on any atom is 0.238 e. The van der Waals surface area contributed by atoms with Gasteiger partial charge in [-0.2, -0.15) is 0 Å². The zero-order valence-corrected chi connectivity index (χ0v) is 20.0. The SMILES string of the molecule is O=C(CN[C@@H]1CCCC[C@H]1NCC(=O)Nc1cccc2cccnc12)Nc1cccc2cccnc12. The molecule has 2 aromatic carbocycles. The first kappa shape index (κ1) is 23.8. The van der Waals surface area contributed by atoms with Gasteiger partial charge in [-0.05, 0) is 37.1 Å². The molecule has 5 rings (SSSR count). The highest BCUT2D eigenvalue weighted by molar-refractivity contribution is 6.01. The lowest BCUT2D eigenvalue weighted by atomic mass is 9.90. The molecule has 0 radical (unpaired) electrons. The number of carbonyl (C=O) groups is 2. The number of benzene rings is 2. The maximum atomic E-state index is 12.7. The molecule has 4 N–H and O–H groups in total. The maximum absolute atomic E-state index is 12.7. The molecule has 0 spiro atoms. The van der Waals surface area contributed by atoms with Crippen molar-refractivity contribution in [3.05, 3.63) is 73.1 Å². The van der Waals surface area contributed by atoms with Crippen molar-refractivity contribution in [2.75, 3.05) is 23.7 Å². The fourth-order valence-corrected chi connectivity index (χ4v) is 4.87. The Balaban J connectivity index is 1.14. The molecule has 2 aromatic heterocycles. The van der Waals surface area contributed by atoms with Gasteiger partial charge in [0.15, 0.2) is 0 Å². The number of nitrogens with one attached hydrogen (secondary N) is 4. The molecular formula is C28H30N6O2. The summed E-state index contributed by atoms with van der Waals surface area (Å²) in [6.45, 7) is 0.389. The molecule has 8 heteroatoms. The second kappa shape index (κ2) is 11.2. The molecule has 0 aliphatic heterocycles. The molecule has 1 aliphatic carbocycles. The van der Waals surface area contributed by atoms with Crippen LogP contribution in [-0.4, -0.2) is 47.0 Å². The average molecular weight is 483 g/mol. The Labute approximate surface area is 209 Å². The fourth-order valence-electron chi connectivity index (χ4n) is 4.87. The Morgan fingerprint density at radius 3 is 1.58 bits per heavy atom. The normalized spacial score (nSPS) is 17.7. The molecule has 2 heterocycles. The number of fused-ring (bicyclic) bond motifs is 2. The zero-order valence-electron chi connectivity index (χ0n) is 20.0. The molecular weight excluding hydrogens is 452 g/mol. The minimum atomic E-state index is -0.112. The van der Waals surface area contributed by atoms with E-state index >= 15 is 0 Å². The van der Waals surface area contributed by atoms with E-state index in [-0.39, 0.29) is 37.0 Å². The Kier molecular flexibility index (Phi) is 7.44. The van der Waals surface area contributed by atoms with Crippen LogP contribution in [0.4, 0.5) is 11.4 Å². The topological polar surface area (TPSA) is 108 Å². The van der Waals surface area contributed by atoms with Crippen LogP contribution < -0.4 is 21.3 Å². The van der Waals surface area contributed by atoms with Gasteiger partial charge in [0.05, 0.1) is 35.5 Å². The Bertz CT molecular complexity index is 1260. The summed E-state index contributed by atoms with van der Waals surface area (Å²) in [5.41, 5.74) is 2.96. The van der Waals surface area contributed by atoms with Gasteiger partial charge in [0.25, 0.3) is 0 Å². The summed E-state index contributed by atoms with van der Waals surface area (Å²) < 4.78 is 0. The predicted octanol–water partition coefficient (Wildman–Crippen LogP) is 3.85. The van der Waals surface area contributed by atoms with Crippen molar-refractivity contribution in [1.29, 1.82) is 0 Å². The average Bonchev–Trinajstić information content (AvgIpc) is 2.92. The van der Waals surface area contributed by atoms with Gasteiger partial charge in [-0.15, -0.1) is 0 Å². The van der Waals surface area contributed by atoms with Gasteiger partial charge < -0.3 is 21.3 Å². The molecule has 0 unspecified atom stereocenters. The van der Waals surface area contributed by atoms with Crippen LogP contribution in [-0.2, 0) is 9.59 Å². The smallest absolute Gasteiger partial charge is 0.238 e. The van der Waals surface area contributed by atoms with E-state index in [4.69, 9.17) is 0 Å². The Morgan fingerprint density at radius 2 is 1.11 bits per heavy atom.